The number of carbonyl (C=O) groups is 3. The number of carbonyl (C=O) groups excluding carboxylic acids is 1. The first-order chi connectivity index (χ1) is 17.2. The molecule has 2 heterocycles. The maximum absolute atomic E-state index is 12.7. The number of rotatable bonds is 9. The fourth-order valence-corrected chi connectivity index (χ4v) is 3.43. The normalized spacial score (nSPS) is 15.6. The molecule has 0 saturated carbocycles. The summed E-state index contributed by atoms with van der Waals surface area (Å²) in [7, 11) is 0. The SMILES string of the molecule is CCOc1cc(N)c(Cl)cc1C(=O)NCC1CN(Cc2cccnc2)CCO1.O=C(O)C=CC(=O)O. The van der Waals surface area contributed by atoms with E-state index in [0.717, 1.165) is 25.2 Å². The van der Waals surface area contributed by atoms with Gasteiger partial charge in [0.15, 0.2) is 0 Å². The van der Waals surface area contributed by atoms with Crippen molar-refractivity contribution in [2.75, 3.05) is 38.6 Å². The van der Waals surface area contributed by atoms with Gasteiger partial charge in [-0.3, -0.25) is 14.7 Å². The fraction of sp³-hybridized carbons (Fsp3) is 0.333. The van der Waals surface area contributed by atoms with Crippen molar-refractivity contribution in [3.63, 3.8) is 0 Å². The summed E-state index contributed by atoms with van der Waals surface area (Å²) in [6.07, 6.45) is 4.66. The molecule has 2 aromatic rings. The fourth-order valence-electron chi connectivity index (χ4n) is 3.26. The number of nitrogens with one attached hydrogen (secondary N) is 1. The quantitative estimate of drug-likeness (QED) is 0.284. The molecule has 1 aromatic carbocycles. The van der Waals surface area contributed by atoms with E-state index < -0.39 is 11.9 Å². The van der Waals surface area contributed by atoms with Gasteiger partial charge in [0.2, 0.25) is 0 Å². The van der Waals surface area contributed by atoms with Crippen LogP contribution in [0.15, 0.2) is 48.8 Å². The van der Waals surface area contributed by atoms with Gasteiger partial charge in [0.25, 0.3) is 5.91 Å². The van der Waals surface area contributed by atoms with Gasteiger partial charge in [-0.15, -0.1) is 0 Å². The second kappa shape index (κ2) is 14.7. The van der Waals surface area contributed by atoms with Crippen LogP contribution in [-0.2, 0) is 20.9 Å². The lowest BCUT2D eigenvalue weighted by Gasteiger charge is -2.33. The van der Waals surface area contributed by atoms with Crippen LogP contribution in [0.3, 0.4) is 0 Å². The number of morpholine rings is 1. The van der Waals surface area contributed by atoms with Gasteiger partial charge in [0.1, 0.15) is 5.75 Å². The summed E-state index contributed by atoms with van der Waals surface area (Å²) >= 11 is 6.08. The van der Waals surface area contributed by atoms with Gasteiger partial charge in [-0.2, -0.15) is 0 Å². The van der Waals surface area contributed by atoms with Gasteiger partial charge in [-0.05, 0) is 24.6 Å². The molecule has 3 rings (SSSR count). The van der Waals surface area contributed by atoms with Crippen molar-refractivity contribution >= 4 is 35.1 Å². The zero-order chi connectivity index (χ0) is 26.5. The van der Waals surface area contributed by atoms with Crippen molar-refractivity contribution in [2.45, 2.75) is 19.6 Å². The van der Waals surface area contributed by atoms with Crippen molar-refractivity contribution in [3.8, 4) is 5.75 Å². The number of carboxylic acids is 2. The summed E-state index contributed by atoms with van der Waals surface area (Å²) in [5, 5.41) is 18.9. The van der Waals surface area contributed by atoms with Crippen LogP contribution in [0, 0.1) is 0 Å². The Bertz CT molecular complexity index is 1050. The predicted octanol–water partition coefficient (Wildman–Crippen LogP) is 2.06. The van der Waals surface area contributed by atoms with Crippen LogP contribution >= 0.6 is 11.6 Å². The molecule has 12 heteroatoms. The molecule has 0 aliphatic carbocycles. The van der Waals surface area contributed by atoms with Crippen LogP contribution in [0.2, 0.25) is 5.02 Å². The van der Waals surface area contributed by atoms with Gasteiger partial charge >= 0.3 is 11.9 Å². The Balaban J connectivity index is 0.000000493. The Morgan fingerprint density at radius 3 is 2.64 bits per heavy atom. The van der Waals surface area contributed by atoms with Crippen LogP contribution in [0.25, 0.3) is 0 Å². The lowest BCUT2D eigenvalue weighted by molar-refractivity contribution is -0.134. The molecule has 36 heavy (non-hydrogen) atoms. The molecule has 1 aliphatic heterocycles. The number of amides is 1. The molecular weight excluding hydrogens is 492 g/mol. The molecule has 1 fully saturated rings. The molecule has 194 valence electrons. The largest absolute Gasteiger partial charge is 0.493 e. The van der Waals surface area contributed by atoms with E-state index in [2.05, 4.69) is 21.3 Å². The van der Waals surface area contributed by atoms with Crippen molar-refractivity contribution in [3.05, 3.63) is 65.0 Å². The molecule has 0 spiro atoms. The number of benzene rings is 1. The Labute approximate surface area is 213 Å². The second-order valence-corrected chi connectivity index (χ2v) is 8.02. The van der Waals surface area contributed by atoms with E-state index in [9.17, 15) is 14.4 Å². The minimum absolute atomic E-state index is 0.0887. The number of halogens is 1. The third-order valence-electron chi connectivity index (χ3n) is 4.85. The second-order valence-electron chi connectivity index (χ2n) is 7.61. The lowest BCUT2D eigenvalue weighted by Crippen LogP contribution is -2.47. The third kappa shape index (κ3) is 9.90. The first-order valence-electron chi connectivity index (χ1n) is 11.1. The van der Waals surface area contributed by atoms with Gasteiger partial charge in [0, 0.05) is 56.8 Å². The first-order valence-corrected chi connectivity index (χ1v) is 11.4. The Kier molecular flexibility index (Phi) is 11.6. The molecule has 1 aliphatic rings. The van der Waals surface area contributed by atoms with E-state index in [1.165, 1.54) is 6.07 Å². The van der Waals surface area contributed by atoms with Gasteiger partial charge in [0.05, 0.1) is 35.6 Å². The monoisotopic (exact) mass is 520 g/mol. The van der Waals surface area contributed by atoms with E-state index in [1.54, 1.807) is 12.3 Å². The Hall–Kier alpha value is -3.67. The van der Waals surface area contributed by atoms with Crippen LogP contribution in [0.4, 0.5) is 5.69 Å². The number of ether oxygens (including phenoxy) is 2. The third-order valence-corrected chi connectivity index (χ3v) is 5.18. The van der Waals surface area contributed by atoms with E-state index >= 15 is 0 Å². The highest BCUT2D eigenvalue weighted by Gasteiger charge is 2.22. The van der Waals surface area contributed by atoms with Gasteiger partial charge < -0.3 is 30.7 Å². The predicted molar refractivity (Wildman–Crippen MR) is 133 cm³/mol. The molecule has 1 amide bonds. The molecule has 0 bridgehead atoms. The summed E-state index contributed by atoms with van der Waals surface area (Å²) in [5.74, 6) is -2.36. The topological polar surface area (TPSA) is 164 Å². The van der Waals surface area contributed by atoms with Crippen molar-refractivity contribution in [2.24, 2.45) is 0 Å². The lowest BCUT2D eigenvalue weighted by atomic mass is 10.1. The van der Waals surface area contributed by atoms with Gasteiger partial charge in [-0.1, -0.05) is 17.7 Å². The molecule has 1 unspecified atom stereocenters. The van der Waals surface area contributed by atoms with Crippen molar-refractivity contribution < 1.29 is 34.1 Å². The summed E-state index contributed by atoms with van der Waals surface area (Å²) < 4.78 is 11.3. The molecule has 1 aromatic heterocycles. The van der Waals surface area contributed by atoms with Gasteiger partial charge in [-0.25, -0.2) is 9.59 Å². The van der Waals surface area contributed by atoms with Crippen LogP contribution in [0.1, 0.15) is 22.8 Å². The first kappa shape index (κ1) is 28.6. The highest BCUT2D eigenvalue weighted by atomic mass is 35.5. The van der Waals surface area contributed by atoms with E-state index in [-0.39, 0.29) is 12.0 Å². The Morgan fingerprint density at radius 1 is 1.31 bits per heavy atom. The highest BCUT2D eigenvalue weighted by Crippen LogP contribution is 2.29. The molecule has 5 N–H and O–H groups in total. The average molecular weight is 521 g/mol. The number of hydrogen-bond donors (Lipinski definition) is 4. The summed E-state index contributed by atoms with van der Waals surface area (Å²) in [6.45, 7) is 5.69. The van der Waals surface area contributed by atoms with E-state index in [0.29, 0.717) is 53.9 Å². The number of anilines is 1. The summed E-state index contributed by atoms with van der Waals surface area (Å²) in [4.78, 5) is 38.2. The number of carboxylic acid groups (broad SMARTS) is 2. The molecule has 0 radical (unpaired) electrons. The number of nitrogens with two attached hydrogens (primary N) is 1. The maximum Gasteiger partial charge on any atom is 0.328 e. The number of nitrogen functional groups attached to an aromatic ring is 1. The molecular formula is C24H29ClN4O7. The van der Waals surface area contributed by atoms with Crippen LogP contribution < -0.4 is 15.8 Å². The number of aromatic nitrogens is 1. The minimum atomic E-state index is -1.26. The molecule has 11 nitrogen and oxygen atoms in total. The summed E-state index contributed by atoms with van der Waals surface area (Å²) in [5.41, 5.74) is 7.72. The standard InChI is InChI=1S/C20H25ClN4O3.C4H4O4/c1-2-27-19-9-18(22)17(21)8-16(19)20(26)24-11-15-13-25(6-7-28-15)12-14-4-3-5-23-10-14;5-3(6)1-2-4(7)8/h3-5,8-10,15H,2,6-7,11-13,22H2,1H3,(H,24,26);1-2H,(H,5,6)(H,7,8). The highest BCUT2D eigenvalue weighted by molar-refractivity contribution is 6.33. The molecule has 1 saturated heterocycles. The van der Waals surface area contributed by atoms with E-state index in [4.69, 9.17) is 37.0 Å². The maximum atomic E-state index is 12.7. The zero-order valence-electron chi connectivity index (χ0n) is 19.7. The molecule has 1 atom stereocenters. The zero-order valence-corrected chi connectivity index (χ0v) is 20.5. The van der Waals surface area contributed by atoms with Crippen molar-refractivity contribution in [1.82, 2.24) is 15.2 Å². The minimum Gasteiger partial charge on any atom is -0.493 e. The average Bonchev–Trinajstić information content (AvgIpc) is 2.85. The van der Waals surface area contributed by atoms with E-state index in [1.807, 2.05) is 19.2 Å². The van der Waals surface area contributed by atoms with Crippen molar-refractivity contribution in [1.29, 1.82) is 0 Å². The number of aliphatic carboxylic acids is 2. The Morgan fingerprint density at radius 2 is 2.03 bits per heavy atom. The number of hydrogen-bond acceptors (Lipinski definition) is 8. The number of pyridine rings is 1. The number of nitrogens with zero attached hydrogens (tertiary/aromatic N) is 2. The summed E-state index contributed by atoms with van der Waals surface area (Å²) in [6, 6.07) is 7.10. The smallest absolute Gasteiger partial charge is 0.328 e. The van der Waals surface area contributed by atoms with Crippen LogP contribution in [-0.4, -0.2) is 76.9 Å². The van der Waals surface area contributed by atoms with Crippen LogP contribution in [0.5, 0.6) is 5.75 Å².